The fourth-order valence-electron chi connectivity index (χ4n) is 2.43. The van der Waals surface area contributed by atoms with E-state index in [-0.39, 0.29) is 5.91 Å². The van der Waals surface area contributed by atoms with Crippen LogP contribution < -0.4 is 5.32 Å². The van der Waals surface area contributed by atoms with Crippen molar-refractivity contribution >= 4 is 17.2 Å². The minimum absolute atomic E-state index is 0.0619. The molecule has 1 N–H and O–H groups in total. The molecule has 3 rings (SSSR count). The Kier molecular flexibility index (Phi) is 5.38. The Morgan fingerprint density at radius 2 is 2.08 bits per heavy atom. The molecule has 0 aliphatic carbocycles. The molecule has 0 radical (unpaired) electrons. The molecule has 2 aromatic heterocycles. The zero-order valence-corrected chi connectivity index (χ0v) is 14.3. The third kappa shape index (κ3) is 4.08. The number of amides is 1. The third-order valence-electron chi connectivity index (χ3n) is 3.56. The highest BCUT2D eigenvalue weighted by molar-refractivity contribution is 7.10. The third-order valence-corrected chi connectivity index (χ3v) is 4.44. The van der Waals surface area contributed by atoms with Crippen molar-refractivity contribution in [3.05, 3.63) is 70.0 Å². The van der Waals surface area contributed by atoms with Crippen molar-refractivity contribution in [3.8, 4) is 0 Å². The number of carbonyl (C=O) groups excluding carboxylic acids is 1. The monoisotopic (exact) mass is 341 g/mol. The van der Waals surface area contributed by atoms with Gasteiger partial charge in [-0.1, -0.05) is 48.5 Å². The van der Waals surface area contributed by atoms with Gasteiger partial charge in [-0.2, -0.15) is 4.98 Å². The summed E-state index contributed by atoms with van der Waals surface area (Å²) in [5.74, 6) is 1.03. The van der Waals surface area contributed by atoms with Gasteiger partial charge in [0.2, 0.25) is 11.8 Å². The highest BCUT2D eigenvalue weighted by Gasteiger charge is 2.22. The highest BCUT2D eigenvalue weighted by Crippen LogP contribution is 2.20. The van der Waals surface area contributed by atoms with Crippen molar-refractivity contribution < 1.29 is 9.32 Å². The summed E-state index contributed by atoms with van der Waals surface area (Å²) >= 11 is 1.57. The lowest BCUT2D eigenvalue weighted by Crippen LogP contribution is -2.31. The SMILES string of the molecule is CCCc1nc(C(NC(=O)Cc2cccs2)c2ccccc2)no1. The van der Waals surface area contributed by atoms with Gasteiger partial charge in [0, 0.05) is 11.3 Å². The smallest absolute Gasteiger partial charge is 0.226 e. The first-order valence-electron chi connectivity index (χ1n) is 7.95. The molecule has 0 aliphatic heterocycles. The standard InChI is InChI=1S/C18H19N3O2S/c1-2-7-16-20-18(21-23-16)17(13-8-4-3-5-9-13)19-15(22)12-14-10-6-11-24-14/h3-6,8-11,17H,2,7,12H2,1H3,(H,19,22). The van der Waals surface area contributed by atoms with E-state index in [1.54, 1.807) is 11.3 Å². The van der Waals surface area contributed by atoms with Crippen molar-refractivity contribution in [1.82, 2.24) is 15.5 Å². The molecule has 0 fully saturated rings. The molecule has 0 saturated carbocycles. The molecular weight excluding hydrogens is 322 g/mol. The van der Waals surface area contributed by atoms with Gasteiger partial charge in [0.1, 0.15) is 6.04 Å². The Labute approximate surface area is 144 Å². The lowest BCUT2D eigenvalue weighted by Gasteiger charge is -2.15. The van der Waals surface area contributed by atoms with Gasteiger partial charge in [-0.25, -0.2) is 0 Å². The second-order valence-electron chi connectivity index (χ2n) is 5.46. The number of nitrogens with zero attached hydrogens (tertiary/aromatic N) is 2. The van der Waals surface area contributed by atoms with E-state index in [0.29, 0.717) is 18.1 Å². The fourth-order valence-corrected chi connectivity index (χ4v) is 3.13. The molecule has 6 heteroatoms. The van der Waals surface area contributed by atoms with Crippen LogP contribution in [0.25, 0.3) is 0 Å². The summed E-state index contributed by atoms with van der Waals surface area (Å²) in [6.07, 6.45) is 2.01. The van der Waals surface area contributed by atoms with Crippen LogP contribution >= 0.6 is 11.3 Å². The van der Waals surface area contributed by atoms with E-state index in [2.05, 4.69) is 22.4 Å². The van der Waals surface area contributed by atoms with E-state index in [4.69, 9.17) is 4.52 Å². The van der Waals surface area contributed by atoms with Crippen LogP contribution in [0.2, 0.25) is 0 Å². The number of nitrogens with one attached hydrogen (secondary N) is 1. The van der Waals surface area contributed by atoms with E-state index in [9.17, 15) is 4.79 Å². The van der Waals surface area contributed by atoms with Crippen molar-refractivity contribution in [2.75, 3.05) is 0 Å². The molecule has 3 aromatic rings. The summed E-state index contributed by atoms with van der Waals surface area (Å²) in [6, 6.07) is 13.2. The minimum atomic E-state index is -0.409. The maximum Gasteiger partial charge on any atom is 0.226 e. The zero-order valence-electron chi connectivity index (χ0n) is 13.4. The fraction of sp³-hybridized carbons (Fsp3) is 0.278. The lowest BCUT2D eigenvalue weighted by molar-refractivity contribution is -0.120. The first kappa shape index (κ1) is 16.4. The van der Waals surface area contributed by atoms with Crippen molar-refractivity contribution in [1.29, 1.82) is 0 Å². The average Bonchev–Trinajstić information content (AvgIpc) is 3.26. The van der Waals surface area contributed by atoms with Crippen LogP contribution in [-0.4, -0.2) is 16.0 Å². The second kappa shape index (κ2) is 7.88. The number of hydrogen-bond acceptors (Lipinski definition) is 5. The number of benzene rings is 1. The molecule has 0 aliphatic rings. The number of hydrogen-bond donors (Lipinski definition) is 1. The van der Waals surface area contributed by atoms with E-state index in [1.807, 2.05) is 47.8 Å². The van der Waals surface area contributed by atoms with E-state index in [1.165, 1.54) is 0 Å². The first-order chi connectivity index (χ1) is 11.8. The number of rotatable bonds is 7. The molecule has 0 saturated heterocycles. The topological polar surface area (TPSA) is 68.0 Å². The average molecular weight is 341 g/mol. The van der Waals surface area contributed by atoms with Crippen LogP contribution in [0, 0.1) is 0 Å². The van der Waals surface area contributed by atoms with Gasteiger partial charge < -0.3 is 9.84 Å². The van der Waals surface area contributed by atoms with Crippen LogP contribution in [-0.2, 0) is 17.6 Å². The summed E-state index contributed by atoms with van der Waals surface area (Å²) in [6.45, 7) is 2.06. The Bertz CT molecular complexity index is 769. The summed E-state index contributed by atoms with van der Waals surface area (Å²) in [4.78, 5) is 17.9. The number of aromatic nitrogens is 2. The molecule has 0 bridgehead atoms. The molecule has 2 heterocycles. The van der Waals surface area contributed by atoms with Crippen LogP contribution in [0.4, 0.5) is 0 Å². The van der Waals surface area contributed by atoms with Crippen LogP contribution in [0.1, 0.15) is 41.5 Å². The molecule has 124 valence electrons. The summed E-state index contributed by atoms with van der Waals surface area (Å²) in [5.41, 5.74) is 0.931. The highest BCUT2D eigenvalue weighted by atomic mass is 32.1. The normalized spacial score (nSPS) is 12.0. The van der Waals surface area contributed by atoms with E-state index >= 15 is 0 Å². The van der Waals surface area contributed by atoms with E-state index in [0.717, 1.165) is 23.3 Å². The minimum Gasteiger partial charge on any atom is -0.342 e. The van der Waals surface area contributed by atoms with Gasteiger partial charge in [-0.15, -0.1) is 11.3 Å². The summed E-state index contributed by atoms with van der Waals surface area (Å²) < 4.78 is 5.28. The van der Waals surface area contributed by atoms with Gasteiger partial charge in [0.15, 0.2) is 5.82 Å². The van der Waals surface area contributed by atoms with Gasteiger partial charge in [0.25, 0.3) is 0 Å². The predicted octanol–water partition coefficient (Wildman–Crippen LogP) is 3.53. The molecule has 1 atom stereocenters. The van der Waals surface area contributed by atoms with E-state index < -0.39 is 6.04 Å². The molecule has 5 nitrogen and oxygen atoms in total. The van der Waals surface area contributed by atoms with Crippen molar-refractivity contribution in [2.24, 2.45) is 0 Å². The Balaban J connectivity index is 1.80. The Morgan fingerprint density at radius 3 is 2.79 bits per heavy atom. The number of aryl methyl sites for hydroxylation is 1. The van der Waals surface area contributed by atoms with Gasteiger partial charge >= 0.3 is 0 Å². The molecule has 0 spiro atoms. The van der Waals surface area contributed by atoms with Crippen molar-refractivity contribution in [3.63, 3.8) is 0 Å². The van der Waals surface area contributed by atoms with Gasteiger partial charge in [-0.3, -0.25) is 4.79 Å². The maximum atomic E-state index is 12.4. The molecule has 1 amide bonds. The van der Waals surface area contributed by atoms with Crippen LogP contribution in [0.15, 0.2) is 52.4 Å². The Hall–Kier alpha value is -2.47. The van der Waals surface area contributed by atoms with Gasteiger partial charge in [0.05, 0.1) is 6.42 Å². The Morgan fingerprint density at radius 1 is 1.25 bits per heavy atom. The number of carbonyl (C=O) groups is 1. The summed E-state index contributed by atoms with van der Waals surface area (Å²) in [7, 11) is 0. The largest absolute Gasteiger partial charge is 0.342 e. The second-order valence-corrected chi connectivity index (χ2v) is 6.50. The predicted molar refractivity (Wildman–Crippen MR) is 92.7 cm³/mol. The molecule has 1 aromatic carbocycles. The first-order valence-corrected chi connectivity index (χ1v) is 8.83. The molecule has 24 heavy (non-hydrogen) atoms. The molecular formula is C18H19N3O2S. The van der Waals surface area contributed by atoms with Gasteiger partial charge in [-0.05, 0) is 23.4 Å². The zero-order chi connectivity index (χ0) is 16.8. The summed E-state index contributed by atoms with van der Waals surface area (Å²) in [5, 5.41) is 9.06. The molecule has 1 unspecified atom stereocenters. The van der Waals surface area contributed by atoms with Crippen LogP contribution in [0.3, 0.4) is 0 Å². The van der Waals surface area contributed by atoms with Crippen LogP contribution in [0.5, 0.6) is 0 Å². The quantitative estimate of drug-likeness (QED) is 0.714. The number of thiophene rings is 1. The van der Waals surface area contributed by atoms with Crippen molar-refractivity contribution in [2.45, 2.75) is 32.2 Å². The lowest BCUT2D eigenvalue weighted by atomic mass is 10.1. The maximum absolute atomic E-state index is 12.4.